The number of amides is 3. The van der Waals surface area contributed by atoms with Gasteiger partial charge in [0.2, 0.25) is 16.2 Å². The van der Waals surface area contributed by atoms with Gasteiger partial charge in [0.25, 0.3) is 11.8 Å². The van der Waals surface area contributed by atoms with Crippen molar-refractivity contribution in [2.75, 3.05) is 16.4 Å². The summed E-state index contributed by atoms with van der Waals surface area (Å²) in [6.45, 7) is 5.90. The molecule has 3 aromatic carbocycles. The van der Waals surface area contributed by atoms with E-state index in [9.17, 15) is 14.4 Å². The normalized spacial score (nSPS) is 11.9. The van der Waals surface area contributed by atoms with Gasteiger partial charge in [-0.15, -0.1) is 11.8 Å². The van der Waals surface area contributed by atoms with Gasteiger partial charge in [-0.3, -0.25) is 19.7 Å². The van der Waals surface area contributed by atoms with Crippen LogP contribution in [-0.2, 0) is 9.59 Å². The number of nitrogens with one attached hydrogen (secondary N) is 3. The number of aromatic nitrogens is 2. The van der Waals surface area contributed by atoms with E-state index < -0.39 is 5.91 Å². The van der Waals surface area contributed by atoms with E-state index in [0.29, 0.717) is 28.0 Å². The standard InChI is InChI=1S/C31H31N5O3S3/c1-4-26(29(39)34-30-35-31(36-42-30)40-5-2)41-24-17-11-16-23(19-24)32-28(38)25(18-22-15-10-9-12-20(22)3)33-27(37)21-13-7-6-8-14-21/h6-19,26H,4-5H2,1-3H3,(H,32,38)(H,33,37)(H,34,35,36,39)/b25-18-. The maximum absolute atomic E-state index is 13.5. The second-order valence-electron chi connectivity index (χ2n) is 9.04. The van der Waals surface area contributed by atoms with Gasteiger partial charge in [0.05, 0.1) is 5.25 Å². The Kier molecular flexibility index (Phi) is 11.3. The van der Waals surface area contributed by atoms with E-state index in [4.69, 9.17) is 0 Å². The lowest BCUT2D eigenvalue weighted by Gasteiger charge is -2.15. The van der Waals surface area contributed by atoms with Crippen LogP contribution in [0.1, 0.15) is 41.8 Å². The molecule has 0 radical (unpaired) electrons. The minimum Gasteiger partial charge on any atom is -0.321 e. The maximum atomic E-state index is 13.5. The Morgan fingerprint density at radius 3 is 2.45 bits per heavy atom. The van der Waals surface area contributed by atoms with Crippen LogP contribution in [0.15, 0.2) is 94.6 Å². The number of hydrogen-bond acceptors (Lipinski definition) is 8. The van der Waals surface area contributed by atoms with Gasteiger partial charge in [-0.25, -0.2) is 0 Å². The lowest BCUT2D eigenvalue weighted by atomic mass is 10.1. The molecule has 0 aliphatic heterocycles. The molecule has 4 rings (SSSR count). The Morgan fingerprint density at radius 2 is 1.71 bits per heavy atom. The van der Waals surface area contributed by atoms with Crippen molar-refractivity contribution in [3.63, 3.8) is 0 Å². The van der Waals surface area contributed by atoms with Crippen LogP contribution in [0.4, 0.5) is 10.8 Å². The fourth-order valence-electron chi connectivity index (χ4n) is 3.81. The summed E-state index contributed by atoms with van der Waals surface area (Å²) >= 11 is 4.08. The zero-order valence-corrected chi connectivity index (χ0v) is 25.9. The minimum atomic E-state index is -0.466. The van der Waals surface area contributed by atoms with E-state index in [1.807, 2.05) is 69.3 Å². The Labute approximate surface area is 258 Å². The Balaban J connectivity index is 1.48. The summed E-state index contributed by atoms with van der Waals surface area (Å²) < 4.78 is 4.25. The highest BCUT2D eigenvalue weighted by Gasteiger charge is 2.21. The predicted octanol–water partition coefficient (Wildman–Crippen LogP) is 6.88. The van der Waals surface area contributed by atoms with Crippen LogP contribution in [0.2, 0.25) is 0 Å². The molecule has 0 bridgehead atoms. The molecular formula is C31H31N5O3S3. The van der Waals surface area contributed by atoms with Gasteiger partial charge >= 0.3 is 0 Å². The molecule has 1 heterocycles. The average Bonchev–Trinajstić information content (AvgIpc) is 3.43. The number of thioether (sulfide) groups is 2. The van der Waals surface area contributed by atoms with Gasteiger partial charge in [0, 0.05) is 27.7 Å². The van der Waals surface area contributed by atoms with E-state index in [0.717, 1.165) is 33.3 Å². The number of aryl methyl sites for hydroxylation is 1. The highest BCUT2D eigenvalue weighted by molar-refractivity contribution is 8.00. The Morgan fingerprint density at radius 1 is 0.952 bits per heavy atom. The van der Waals surface area contributed by atoms with Crippen molar-refractivity contribution in [2.24, 2.45) is 0 Å². The zero-order chi connectivity index (χ0) is 29.9. The first-order valence-electron chi connectivity index (χ1n) is 13.4. The fourth-order valence-corrected chi connectivity index (χ4v) is 6.10. The van der Waals surface area contributed by atoms with Crippen LogP contribution in [-0.4, -0.2) is 38.1 Å². The minimum absolute atomic E-state index is 0.111. The van der Waals surface area contributed by atoms with Crippen LogP contribution in [0.25, 0.3) is 6.08 Å². The summed E-state index contributed by atoms with van der Waals surface area (Å²) in [6.07, 6.45) is 2.26. The summed E-state index contributed by atoms with van der Waals surface area (Å²) in [5, 5.41) is 9.29. The second kappa shape index (κ2) is 15.3. The molecule has 0 aliphatic carbocycles. The summed E-state index contributed by atoms with van der Waals surface area (Å²) in [5.74, 6) is -0.158. The van der Waals surface area contributed by atoms with E-state index in [1.165, 1.54) is 23.5 Å². The molecule has 0 saturated carbocycles. The predicted molar refractivity (Wildman–Crippen MR) is 173 cm³/mol. The number of carbonyl (C=O) groups is 3. The van der Waals surface area contributed by atoms with Crippen molar-refractivity contribution in [3.8, 4) is 0 Å². The molecule has 0 spiro atoms. The number of carbonyl (C=O) groups excluding carboxylic acids is 3. The fraction of sp³-hybridized carbons (Fsp3) is 0.194. The first-order valence-corrected chi connectivity index (χ1v) is 16.0. The van der Waals surface area contributed by atoms with Crippen LogP contribution < -0.4 is 16.0 Å². The molecule has 3 amide bonds. The number of benzene rings is 3. The molecule has 216 valence electrons. The van der Waals surface area contributed by atoms with Gasteiger partial charge in [-0.1, -0.05) is 74.1 Å². The third-order valence-electron chi connectivity index (χ3n) is 5.96. The molecule has 1 atom stereocenters. The van der Waals surface area contributed by atoms with E-state index >= 15 is 0 Å². The molecule has 42 heavy (non-hydrogen) atoms. The molecule has 4 aromatic rings. The van der Waals surface area contributed by atoms with Gasteiger partial charge in [-0.2, -0.15) is 9.36 Å². The lowest BCUT2D eigenvalue weighted by molar-refractivity contribution is -0.116. The van der Waals surface area contributed by atoms with Crippen molar-refractivity contribution < 1.29 is 14.4 Å². The molecule has 0 saturated heterocycles. The molecule has 8 nitrogen and oxygen atoms in total. The number of rotatable bonds is 12. The van der Waals surface area contributed by atoms with Crippen LogP contribution in [0.5, 0.6) is 0 Å². The largest absolute Gasteiger partial charge is 0.321 e. The molecule has 0 aliphatic rings. The highest BCUT2D eigenvalue weighted by Crippen LogP contribution is 2.29. The summed E-state index contributed by atoms with van der Waals surface area (Å²) in [7, 11) is 0. The van der Waals surface area contributed by atoms with E-state index in [2.05, 4.69) is 25.3 Å². The smallest absolute Gasteiger partial charge is 0.272 e. The van der Waals surface area contributed by atoms with Crippen LogP contribution in [0, 0.1) is 6.92 Å². The van der Waals surface area contributed by atoms with Crippen LogP contribution >= 0.6 is 35.1 Å². The monoisotopic (exact) mass is 617 g/mol. The van der Waals surface area contributed by atoms with Crippen molar-refractivity contribution in [1.82, 2.24) is 14.7 Å². The quantitative estimate of drug-likeness (QED) is 0.117. The Bertz CT molecular complexity index is 1570. The van der Waals surface area contributed by atoms with Crippen molar-refractivity contribution >= 4 is 69.7 Å². The third-order valence-corrected chi connectivity index (χ3v) is 8.80. The van der Waals surface area contributed by atoms with Gasteiger partial charge in [-0.05, 0) is 66.6 Å². The molecule has 0 fully saturated rings. The number of hydrogen-bond donors (Lipinski definition) is 3. The molecular weight excluding hydrogens is 587 g/mol. The lowest BCUT2D eigenvalue weighted by Crippen LogP contribution is -2.30. The van der Waals surface area contributed by atoms with E-state index in [-0.39, 0.29) is 22.8 Å². The van der Waals surface area contributed by atoms with Crippen molar-refractivity contribution in [3.05, 3.63) is 101 Å². The first kappa shape index (κ1) is 31.0. The Hall–Kier alpha value is -3.93. The second-order valence-corrected chi connectivity index (χ2v) is 12.3. The van der Waals surface area contributed by atoms with Crippen LogP contribution in [0.3, 0.4) is 0 Å². The van der Waals surface area contributed by atoms with Gasteiger partial charge in [0.15, 0.2) is 0 Å². The average molecular weight is 618 g/mol. The SMILES string of the molecule is CCSc1nsc(NC(=O)C(CC)Sc2cccc(NC(=O)/C(=C/c3ccccc3C)NC(=O)c3ccccc3)c2)n1. The van der Waals surface area contributed by atoms with Crippen molar-refractivity contribution in [1.29, 1.82) is 0 Å². The summed E-state index contributed by atoms with van der Waals surface area (Å²) in [6, 6.07) is 23.6. The molecule has 1 aromatic heterocycles. The molecule has 1 unspecified atom stereocenters. The number of nitrogens with zero attached hydrogens (tertiary/aromatic N) is 2. The maximum Gasteiger partial charge on any atom is 0.272 e. The van der Waals surface area contributed by atoms with E-state index in [1.54, 1.807) is 36.4 Å². The zero-order valence-electron chi connectivity index (χ0n) is 23.4. The summed E-state index contributed by atoms with van der Waals surface area (Å²) in [5.41, 5.74) is 2.87. The number of anilines is 2. The van der Waals surface area contributed by atoms with Gasteiger partial charge in [0.1, 0.15) is 5.70 Å². The highest BCUT2D eigenvalue weighted by atomic mass is 32.2. The third kappa shape index (κ3) is 8.78. The first-order chi connectivity index (χ1) is 20.4. The van der Waals surface area contributed by atoms with Gasteiger partial charge < -0.3 is 10.6 Å². The molecule has 3 N–H and O–H groups in total. The molecule has 11 heteroatoms. The topological polar surface area (TPSA) is 113 Å². The summed E-state index contributed by atoms with van der Waals surface area (Å²) in [4.78, 5) is 44.5. The van der Waals surface area contributed by atoms with Crippen molar-refractivity contribution in [2.45, 2.75) is 42.5 Å².